The summed E-state index contributed by atoms with van der Waals surface area (Å²) in [6.07, 6.45) is 1.61. The average molecular weight is 371 g/mol. The van der Waals surface area contributed by atoms with Crippen LogP contribution in [0.5, 0.6) is 0 Å². The molecular formula is C19H21N3O3S. The molecule has 6 nitrogen and oxygen atoms in total. The molecule has 3 aromatic rings. The van der Waals surface area contributed by atoms with E-state index >= 15 is 0 Å². The zero-order valence-corrected chi connectivity index (χ0v) is 15.5. The molecule has 0 bridgehead atoms. The lowest BCUT2D eigenvalue weighted by atomic mass is 10.2. The molecule has 0 saturated carbocycles. The van der Waals surface area contributed by atoms with E-state index in [1.54, 1.807) is 18.4 Å². The first-order chi connectivity index (χ1) is 12.5. The fourth-order valence-corrected chi connectivity index (χ4v) is 3.64. The summed E-state index contributed by atoms with van der Waals surface area (Å²) in [6, 6.07) is 16.7. The Hall–Kier alpha value is -2.48. The van der Waals surface area contributed by atoms with Gasteiger partial charge < -0.3 is 9.73 Å². The minimum absolute atomic E-state index is 0.308. The van der Waals surface area contributed by atoms with Gasteiger partial charge in [0.1, 0.15) is 6.26 Å². The fourth-order valence-electron chi connectivity index (χ4n) is 2.52. The van der Waals surface area contributed by atoms with Crippen molar-refractivity contribution in [3.63, 3.8) is 0 Å². The number of aromatic nitrogens is 1. The van der Waals surface area contributed by atoms with Crippen molar-refractivity contribution in [3.8, 4) is 11.5 Å². The van der Waals surface area contributed by atoms with Crippen LogP contribution in [0, 0.1) is 0 Å². The first kappa shape index (κ1) is 18.3. The van der Waals surface area contributed by atoms with Gasteiger partial charge in [-0.05, 0) is 23.8 Å². The lowest BCUT2D eigenvalue weighted by Crippen LogP contribution is -2.24. The van der Waals surface area contributed by atoms with Gasteiger partial charge in [-0.25, -0.2) is 17.7 Å². The average Bonchev–Trinajstić information content (AvgIpc) is 3.11. The Morgan fingerprint density at radius 3 is 2.42 bits per heavy atom. The van der Waals surface area contributed by atoms with Crippen LogP contribution in [0.25, 0.3) is 11.5 Å². The lowest BCUT2D eigenvalue weighted by molar-refractivity contribution is 0.518. The second kappa shape index (κ2) is 7.82. The molecule has 0 fully saturated rings. The van der Waals surface area contributed by atoms with Crippen LogP contribution in [0.1, 0.15) is 11.3 Å². The number of hydrogen-bond acceptors (Lipinski definition) is 5. The zero-order chi connectivity index (χ0) is 18.6. The van der Waals surface area contributed by atoms with Gasteiger partial charge in [-0.3, -0.25) is 0 Å². The SMILES string of the molecule is CN(C)S(=O)(=O)c1ccccc1CNCc1coc(-c2ccccc2)n1. The molecule has 0 unspecified atom stereocenters. The van der Waals surface area contributed by atoms with Crippen LogP contribution in [0.3, 0.4) is 0 Å². The van der Waals surface area contributed by atoms with Crippen LogP contribution in [-0.4, -0.2) is 31.8 Å². The molecular weight excluding hydrogens is 350 g/mol. The van der Waals surface area contributed by atoms with E-state index in [0.29, 0.717) is 29.4 Å². The van der Waals surface area contributed by atoms with Crippen LogP contribution >= 0.6 is 0 Å². The van der Waals surface area contributed by atoms with Gasteiger partial charge in [0, 0.05) is 32.7 Å². The number of oxazole rings is 1. The van der Waals surface area contributed by atoms with Gasteiger partial charge in [0.05, 0.1) is 10.6 Å². The van der Waals surface area contributed by atoms with E-state index in [2.05, 4.69) is 10.3 Å². The van der Waals surface area contributed by atoms with E-state index in [1.807, 2.05) is 42.5 Å². The number of sulfonamides is 1. The van der Waals surface area contributed by atoms with Gasteiger partial charge in [0.2, 0.25) is 15.9 Å². The minimum Gasteiger partial charge on any atom is -0.444 e. The highest BCUT2D eigenvalue weighted by molar-refractivity contribution is 7.89. The summed E-state index contributed by atoms with van der Waals surface area (Å²) in [5.41, 5.74) is 2.39. The standard InChI is InChI=1S/C19H21N3O3S/c1-22(2)26(23,24)18-11-7-6-10-16(18)12-20-13-17-14-25-19(21-17)15-8-4-3-5-9-15/h3-11,14,20H,12-13H2,1-2H3. The third-order valence-electron chi connectivity index (χ3n) is 3.93. The molecule has 0 amide bonds. The van der Waals surface area contributed by atoms with Crippen LogP contribution in [-0.2, 0) is 23.1 Å². The Morgan fingerprint density at radius 2 is 1.69 bits per heavy atom. The van der Waals surface area contributed by atoms with E-state index in [0.717, 1.165) is 11.3 Å². The molecule has 0 spiro atoms. The molecule has 0 aliphatic carbocycles. The van der Waals surface area contributed by atoms with Gasteiger partial charge in [-0.15, -0.1) is 0 Å². The topological polar surface area (TPSA) is 75.4 Å². The summed E-state index contributed by atoms with van der Waals surface area (Å²) >= 11 is 0. The molecule has 26 heavy (non-hydrogen) atoms. The van der Waals surface area contributed by atoms with Crippen molar-refractivity contribution in [3.05, 3.63) is 72.1 Å². The normalized spacial score (nSPS) is 11.8. The van der Waals surface area contributed by atoms with Crippen molar-refractivity contribution >= 4 is 10.0 Å². The first-order valence-corrected chi connectivity index (χ1v) is 9.63. The van der Waals surface area contributed by atoms with Gasteiger partial charge in [-0.1, -0.05) is 36.4 Å². The summed E-state index contributed by atoms with van der Waals surface area (Å²) in [5, 5.41) is 3.23. The molecule has 1 N–H and O–H groups in total. The third kappa shape index (κ3) is 4.01. The highest BCUT2D eigenvalue weighted by atomic mass is 32.2. The first-order valence-electron chi connectivity index (χ1n) is 8.19. The molecule has 0 radical (unpaired) electrons. The van der Waals surface area contributed by atoms with Crippen molar-refractivity contribution < 1.29 is 12.8 Å². The molecule has 2 aromatic carbocycles. The third-order valence-corrected chi connectivity index (χ3v) is 5.84. The van der Waals surface area contributed by atoms with Gasteiger partial charge in [-0.2, -0.15) is 0 Å². The number of nitrogens with zero attached hydrogens (tertiary/aromatic N) is 2. The highest BCUT2D eigenvalue weighted by Crippen LogP contribution is 2.19. The smallest absolute Gasteiger partial charge is 0.242 e. The highest BCUT2D eigenvalue weighted by Gasteiger charge is 2.20. The Labute approximate surface area is 153 Å². The maximum absolute atomic E-state index is 12.4. The van der Waals surface area contributed by atoms with Gasteiger partial charge in [0.25, 0.3) is 0 Å². The molecule has 136 valence electrons. The lowest BCUT2D eigenvalue weighted by Gasteiger charge is -2.15. The molecule has 1 aromatic heterocycles. The predicted octanol–water partition coefficient (Wildman–Crippen LogP) is 2.88. The number of hydrogen-bond donors (Lipinski definition) is 1. The summed E-state index contributed by atoms with van der Waals surface area (Å²) in [6.45, 7) is 0.892. The van der Waals surface area contributed by atoms with Crippen molar-refractivity contribution in [1.82, 2.24) is 14.6 Å². The Morgan fingerprint density at radius 1 is 1.00 bits per heavy atom. The fraction of sp³-hybridized carbons (Fsp3) is 0.211. The van der Waals surface area contributed by atoms with Crippen molar-refractivity contribution in [2.24, 2.45) is 0 Å². The summed E-state index contributed by atoms with van der Waals surface area (Å²) in [4.78, 5) is 4.76. The van der Waals surface area contributed by atoms with Gasteiger partial charge >= 0.3 is 0 Å². The molecule has 3 rings (SSSR count). The molecule has 7 heteroatoms. The van der Waals surface area contributed by atoms with Crippen LogP contribution in [0.2, 0.25) is 0 Å². The Kier molecular flexibility index (Phi) is 5.51. The number of nitrogens with one attached hydrogen (secondary N) is 1. The second-order valence-electron chi connectivity index (χ2n) is 6.01. The van der Waals surface area contributed by atoms with Gasteiger partial charge in [0.15, 0.2) is 0 Å². The summed E-state index contributed by atoms with van der Waals surface area (Å²) in [5.74, 6) is 0.568. The van der Waals surface area contributed by atoms with Crippen LogP contribution < -0.4 is 5.32 Å². The molecule has 1 heterocycles. The monoisotopic (exact) mass is 371 g/mol. The largest absolute Gasteiger partial charge is 0.444 e. The number of benzene rings is 2. The maximum Gasteiger partial charge on any atom is 0.242 e. The molecule has 0 aliphatic rings. The van der Waals surface area contributed by atoms with E-state index in [-0.39, 0.29) is 0 Å². The molecule has 0 aliphatic heterocycles. The van der Waals surface area contributed by atoms with Crippen molar-refractivity contribution in [2.75, 3.05) is 14.1 Å². The van der Waals surface area contributed by atoms with Crippen LogP contribution in [0.4, 0.5) is 0 Å². The predicted molar refractivity (Wildman–Crippen MR) is 99.8 cm³/mol. The van der Waals surface area contributed by atoms with E-state index in [1.165, 1.54) is 18.4 Å². The zero-order valence-electron chi connectivity index (χ0n) is 14.7. The molecule has 0 atom stereocenters. The second-order valence-corrected chi connectivity index (χ2v) is 8.13. The van der Waals surface area contributed by atoms with Crippen molar-refractivity contribution in [1.29, 1.82) is 0 Å². The number of rotatable bonds is 7. The minimum atomic E-state index is -3.48. The van der Waals surface area contributed by atoms with Crippen molar-refractivity contribution in [2.45, 2.75) is 18.0 Å². The van der Waals surface area contributed by atoms with E-state index < -0.39 is 10.0 Å². The Bertz CT molecular complexity index is 966. The van der Waals surface area contributed by atoms with E-state index in [9.17, 15) is 8.42 Å². The summed E-state index contributed by atoms with van der Waals surface area (Å²) < 4.78 is 31.6. The van der Waals surface area contributed by atoms with Crippen LogP contribution in [0.15, 0.2) is 70.2 Å². The quantitative estimate of drug-likeness (QED) is 0.691. The maximum atomic E-state index is 12.4. The Balaban J connectivity index is 1.67. The summed E-state index contributed by atoms with van der Waals surface area (Å²) in [7, 11) is -0.420. The molecule has 0 saturated heterocycles. The van der Waals surface area contributed by atoms with E-state index in [4.69, 9.17) is 4.42 Å².